The predicted molar refractivity (Wildman–Crippen MR) is 113 cm³/mol. The number of hydrogen-bond donors (Lipinski definition) is 2. The first kappa shape index (κ1) is 24.1. The Labute approximate surface area is 179 Å². The first-order valence-electron chi connectivity index (χ1n) is 8.55. The topological polar surface area (TPSA) is 63.5 Å². The minimum atomic E-state index is -4.38. The van der Waals surface area contributed by atoms with Crippen molar-refractivity contribution < 1.29 is 17.9 Å². The molecule has 0 radical (unpaired) electrons. The standard InChI is InChI=1S/C18H24F3N5O.HI/c1-4-22-17(23-8-14-9-25-26(3)11-14)24-10-15-6-5-13(2)7-16(15)27-12-18(19,20)21;/h5-7,9,11H,4,8,10,12H2,1-3H3,(H2,22,23,24);1H. The van der Waals surface area contributed by atoms with Gasteiger partial charge in [0.05, 0.1) is 12.7 Å². The Morgan fingerprint density at radius 2 is 2.04 bits per heavy atom. The van der Waals surface area contributed by atoms with Crippen molar-refractivity contribution in [2.45, 2.75) is 33.1 Å². The van der Waals surface area contributed by atoms with Crippen LogP contribution < -0.4 is 15.4 Å². The van der Waals surface area contributed by atoms with E-state index < -0.39 is 12.8 Å². The summed E-state index contributed by atoms with van der Waals surface area (Å²) in [6.45, 7) is 3.80. The Hall–Kier alpha value is -1.98. The fourth-order valence-electron chi connectivity index (χ4n) is 2.35. The summed E-state index contributed by atoms with van der Waals surface area (Å²) in [6, 6.07) is 5.18. The zero-order valence-corrected chi connectivity index (χ0v) is 18.3. The van der Waals surface area contributed by atoms with E-state index in [1.165, 1.54) is 0 Å². The molecule has 0 bridgehead atoms. The van der Waals surface area contributed by atoms with Gasteiger partial charge in [-0.2, -0.15) is 18.3 Å². The van der Waals surface area contributed by atoms with Gasteiger partial charge in [-0.1, -0.05) is 12.1 Å². The van der Waals surface area contributed by atoms with Crippen LogP contribution in [0.4, 0.5) is 13.2 Å². The predicted octanol–water partition coefficient (Wildman–Crippen LogP) is 3.54. The molecule has 6 nitrogen and oxygen atoms in total. The van der Waals surface area contributed by atoms with E-state index in [0.29, 0.717) is 24.6 Å². The van der Waals surface area contributed by atoms with Crippen molar-refractivity contribution in [1.82, 2.24) is 20.4 Å². The molecule has 0 saturated carbocycles. The summed E-state index contributed by atoms with van der Waals surface area (Å²) in [4.78, 5) is 4.46. The third-order valence-electron chi connectivity index (χ3n) is 3.58. The molecule has 28 heavy (non-hydrogen) atoms. The van der Waals surface area contributed by atoms with E-state index in [2.05, 4.69) is 20.7 Å². The lowest BCUT2D eigenvalue weighted by Gasteiger charge is -2.16. The van der Waals surface area contributed by atoms with E-state index in [1.54, 1.807) is 29.9 Å². The summed E-state index contributed by atoms with van der Waals surface area (Å²) in [5.74, 6) is 0.770. The number of guanidine groups is 1. The van der Waals surface area contributed by atoms with Crippen molar-refractivity contribution in [1.29, 1.82) is 0 Å². The number of halogens is 4. The first-order chi connectivity index (χ1) is 12.8. The van der Waals surface area contributed by atoms with Crippen molar-refractivity contribution in [3.8, 4) is 5.75 Å². The zero-order chi connectivity index (χ0) is 19.9. The SMILES string of the molecule is CCNC(=NCc1cnn(C)c1)NCc1ccc(C)cc1OCC(F)(F)F.I. The van der Waals surface area contributed by atoms with Crippen LogP contribution in [0.3, 0.4) is 0 Å². The van der Waals surface area contributed by atoms with Crippen LogP contribution in [-0.4, -0.2) is 35.1 Å². The molecule has 0 saturated heterocycles. The van der Waals surface area contributed by atoms with Gasteiger partial charge in [-0.15, -0.1) is 24.0 Å². The molecule has 1 aromatic carbocycles. The maximum Gasteiger partial charge on any atom is 0.422 e. The molecule has 10 heteroatoms. The van der Waals surface area contributed by atoms with Crippen LogP contribution in [0.5, 0.6) is 5.75 Å². The van der Waals surface area contributed by atoms with Crippen molar-refractivity contribution in [3.63, 3.8) is 0 Å². The summed E-state index contributed by atoms with van der Waals surface area (Å²) in [7, 11) is 1.83. The van der Waals surface area contributed by atoms with Crippen LogP contribution in [0, 0.1) is 6.92 Å². The maximum absolute atomic E-state index is 12.5. The third kappa shape index (κ3) is 8.36. The molecule has 2 N–H and O–H groups in total. The number of hydrogen-bond acceptors (Lipinski definition) is 3. The molecule has 0 fully saturated rings. The largest absolute Gasteiger partial charge is 0.484 e. The molecular formula is C18H25F3IN5O. The normalized spacial score (nSPS) is 11.7. The molecule has 0 aliphatic rings. The third-order valence-corrected chi connectivity index (χ3v) is 3.58. The second-order valence-electron chi connectivity index (χ2n) is 6.09. The van der Waals surface area contributed by atoms with Gasteiger partial charge in [-0.05, 0) is 25.5 Å². The van der Waals surface area contributed by atoms with Crippen LogP contribution in [0.1, 0.15) is 23.6 Å². The van der Waals surface area contributed by atoms with E-state index in [4.69, 9.17) is 4.74 Å². The van der Waals surface area contributed by atoms with Crippen LogP contribution in [0.2, 0.25) is 0 Å². The summed E-state index contributed by atoms with van der Waals surface area (Å²) >= 11 is 0. The van der Waals surface area contributed by atoms with Crippen molar-refractivity contribution in [2.24, 2.45) is 12.0 Å². The quantitative estimate of drug-likeness (QED) is 0.339. The maximum atomic E-state index is 12.5. The van der Waals surface area contributed by atoms with Gasteiger partial charge in [0.2, 0.25) is 0 Å². The van der Waals surface area contributed by atoms with Crippen LogP contribution in [-0.2, 0) is 20.1 Å². The van der Waals surface area contributed by atoms with Gasteiger partial charge in [0.1, 0.15) is 5.75 Å². The lowest BCUT2D eigenvalue weighted by Crippen LogP contribution is -2.37. The fraction of sp³-hybridized carbons (Fsp3) is 0.444. The highest BCUT2D eigenvalue weighted by molar-refractivity contribution is 14.0. The van der Waals surface area contributed by atoms with Crippen molar-refractivity contribution in [3.05, 3.63) is 47.3 Å². The second-order valence-corrected chi connectivity index (χ2v) is 6.09. The average molecular weight is 511 g/mol. The minimum Gasteiger partial charge on any atom is -0.484 e. The van der Waals surface area contributed by atoms with Gasteiger partial charge in [-0.25, -0.2) is 4.99 Å². The van der Waals surface area contributed by atoms with Crippen molar-refractivity contribution >= 4 is 29.9 Å². The second kappa shape index (κ2) is 11.1. The van der Waals surface area contributed by atoms with Gasteiger partial charge < -0.3 is 15.4 Å². The smallest absolute Gasteiger partial charge is 0.422 e. The molecule has 0 unspecified atom stereocenters. The summed E-state index contributed by atoms with van der Waals surface area (Å²) in [5, 5.41) is 10.3. The van der Waals surface area contributed by atoms with Crippen LogP contribution >= 0.6 is 24.0 Å². The molecule has 156 valence electrons. The molecule has 0 amide bonds. The lowest BCUT2D eigenvalue weighted by molar-refractivity contribution is -0.153. The number of aromatic nitrogens is 2. The molecule has 2 rings (SSSR count). The summed E-state index contributed by atoms with van der Waals surface area (Å²) in [6.07, 6.45) is -0.777. The number of aryl methyl sites for hydroxylation is 2. The molecular weight excluding hydrogens is 486 g/mol. The number of benzene rings is 1. The number of nitrogens with one attached hydrogen (secondary N) is 2. The Morgan fingerprint density at radius 3 is 2.64 bits per heavy atom. The Morgan fingerprint density at radius 1 is 1.29 bits per heavy atom. The monoisotopic (exact) mass is 511 g/mol. The number of alkyl halides is 3. The molecule has 1 aromatic heterocycles. The Bertz CT molecular complexity index is 777. The molecule has 2 aromatic rings. The molecule has 1 heterocycles. The van der Waals surface area contributed by atoms with Gasteiger partial charge in [0.25, 0.3) is 0 Å². The van der Waals surface area contributed by atoms with Gasteiger partial charge in [-0.3, -0.25) is 4.68 Å². The molecule has 0 aliphatic carbocycles. The summed E-state index contributed by atoms with van der Waals surface area (Å²) < 4.78 is 44.1. The molecule has 0 spiro atoms. The summed E-state index contributed by atoms with van der Waals surface area (Å²) in [5.41, 5.74) is 2.41. The Kier molecular flexibility index (Phi) is 9.56. The van der Waals surface area contributed by atoms with E-state index in [-0.39, 0.29) is 36.3 Å². The van der Waals surface area contributed by atoms with E-state index in [0.717, 1.165) is 11.1 Å². The highest BCUT2D eigenvalue weighted by Gasteiger charge is 2.28. The van der Waals surface area contributed by atoms with Crippen LogP contribution in [0.25, 0.3) is 0 Å². The first-order valence-corrected chi connectivity index (χ1v) is 8.55. The van der Waals surface area contributed by atoms with E-state index in [1.807, 2.05) is 26.2 Å². The number of nitrogens with zero attached hydrogens (tertiary/aromatic N) is 3. The van der Waals surface area contributed by atoms with Gasteiger partial charge in [0.15, 0.2) is 12.6 Å². The highest BCUT2D eigenvalue weighted by atomic mass is 127. The lowest BCUT2D eigenvalue weighted by atomic mass is 10.1. The van der Waals surface area contributed by atoms with Gasteiger partial charge in [0, 0.05) is 37.5 Å². The fourth-order valence-corrected chi connectivity index (χ4v) is 2.35. The van der Waals surface area contributed by atoms with E-state index in [9.17, 15) is 13.2 Å². The van der Waals surface area contributed by atoms with Crippen molar-refractivity contribution in [2.75, 3.05) is 13.2 Å². The Balaban J connectivity index is 0.00000392. The highest BCUT2D eigenvalue weighted by Crippen LogP contribution is 2.23. The minimum absolute atomic E-state index is 0. The number of rotatable bonds is 7. The van der Waals surface area contributed by atoms with Gasteiger partial charge >= 0.3 is 6.18 Å². The molecule has 0 atom stereocenters. The number of ether oxygens (including phenoxy) is 1. The molecule has 0 aliphatic heterocycles. The average Bonchev–Trinajstić information content (AvgIpc) is 3.01. The number of aliphatic imine (C=N–C) groups is 1. The zero-order valence-electron chi connectivity index (χ0n) is 16.0. The van der Waals surface area contributed by atoms with Crippen LogP contribution in [0.15, 0.2) is 35.6 Å². The van der Waals surface area contributed by atoms with E-state index >= 15 is 0 Å².